The number of amides is 1. The van der Waals surface area contributed by atoms with E-state index in [1.165, 1.54) is 24.3 Å². The molecule has 0 unspecified atom stereocenters. The number of anilines is 1. The Kier molecular flexibility index (Phi) is 5.29. The minimum Gasteiger partial charge on any atom is -0.345 e. The second kappa shape index (κ2) is 8.40. The molecule has 5 rings (SSSR count). The molecule has 3 aromatic carbocycles. The van der Waals surface area contributed by atoms with Crippen molar-refractivity contribution < 1.29 is 9.18 Å². The van der Waals surface area contributed by atoms with Crippen LogP contribution < -0.4 is 4.90 Å². The average molecular weight is 445 g/mol. The molecule has 4 aromatic rings. The molecule has 0 radical (unpaired) electrons. The molecule has 0 aliphatic carbocycles. The molecule has 0 fully saturated rings. The first kappa shape index (κ1) is 20.2. The minimum absolute atomic E-state index is 0.181. The fraction of sp³-hybridized carbons (Fsp3) is 0.0800. The summed E-state index contributed by atoms with van der Waals surface area (Å²) in [5.74, 6) is -0.517. The fourth-order valence-corrected chi connectivity index (χ4v) is 4.03. The van der Waals surface area contributed by atoms with E-state index in [0.717, 1.165) is 16.9 Å². The molecule has 32 heavy (non-hydrogen) atoms. The predicted molar refractivity (Wildman–Crippen MR) is 123 cm³/mol. The summed E-state index contributed by atoms with van der Waals surface area (Å²) >= 11 is 6.49. The Labute approximate surface area is 189 Å². The Bertz CT molecular complexity index is 1330. The molecule has 2 heterocycles. The maximum atomic E-state index is 13.5. The maximum absolute atomic E-state index is 13.5. The monoisotopic (exact) mass is 444 g/mol. The van der Waals surface area contributed by atoms with Crippen molar-refractivity contribution in [2.24, 2.45) is 10.2 Å². The van der Waals surface area contributed by atoms with E-state index in [1.54, 1.807) is 23.1 Å². The van der Waals surface area contributed by atoms with E-state index in [1.807, 2.05) is 42.6 Å². The normalized spacial score (nSPS) is 13.0. The van der Waals surface area contributed by atoms with Gasteiger partial charge >= 0.3 is 0 Å². The van der Waals surface area contributed by atoms with Gasteiger partial charge in [-0.2, -0.15) is 10.2 Å². The van der Waals surface area contributed by atoms with Gasteiger partial charge in [-0.15, -0.1) is 0 Å². The third kappa shape index (κ3) is 3.92. The van der Waals surface area contributed by atoms with Gasteiger partial charge < -0.3 is 9.47 Å². The van der Waals surface area contributed by atoms with Gasteiger partial charge in [0.1, 0.15) is 5.82 Å². The second-order valence-electron chi connectivity index (χ2n) is 7.49. The molecule has 1 aliphatic rings. The lowest BCUT2D eigenvalue weighted by atomic mass is 10.1. The van der Waals surface area contributed by atoms with Crippen LogP contribution in [0.1, 0.15) is 21.6 Å². The molecule has 0 atom stereocenters. The van der Waals surface area contributed by atoms with Crippen LogP contribution in [-0.4, -0.2) is 10.5 Å². The van der Waals surface area contributed by atoms with E-state index in [0.29, 0.717) is 35.1 Å². The van der Waals surface area contributed by atoms with Crippen LogP contribution in [0, 0.1) is 5.82 Å². The summed E-state index contributed by atoms with van der Waals surface area (Å²) in [7, 11) is 0. The molecule has 1 aromatic heterocycles. The highest BCUT2D eigenvalue weighted by atomic mass is 35.5. The van der Waals surface area contributed by atoms with Gasteiger partial charge in [0.2, 0.25) is 0 Å². The van der Waals surface area contributed by atoms with E-state index in [-0.39, 0.29) is 11.7 Å². The molecule has 0 saturated heterocycles. The third-order valence-corrected chi connectivity index (χ3v) is 5.72. The Morgan fingerprint density at radius 1 is 0.875 bits per heavy atom. The third-order valence-electron chi connectivity index (χ3n) is 5.40. The number of carbonyl (C=O) groups is 1. The van der Waals surface area contributed by atoms with Crippen LogP contribution in [0.4, 0.5) is 21.5 Å². The van der Waals surface area contributed by atoms with Crippen LogP contribution >= 0.6 is 11.6 Å². The highest BCUT2D eigenvalue weighted by Gasteiger charge is 2.26. The highest BCUT2D eigenvalue weighted by molar-refractivity contribution is 6.34. The summed E-state index contributed by atoms with van der Waals surface area (Å²) in [6.45, 7) is 1.16. The number of hydrogen-bond donors (Lipinski definition) is 0. The zero-order valence-corrected chi connectivity index (χ0v) is 17.7. The Morgan fingerprint density at radius 3 is 2.44 bits per heavy atom. The first-order valence-corrected chi connectivity index (χ1v) is 10.5. The van der Waals surface area contributed by atoms with Crippen LogP contribution in [0.15, 0.2) is 95.3 Å². The Balaban J connectivity index is 1.45. The van der Waals surface area contributed by atoms with E-state index in [9.17, 15) is 9.18 Å². The number of rotatable bonds is 3. The zero-order valence-electron chi connectivity index (χ0n) is 17.0. The molecule has 0 N–H and O–H groups in total. The van der Waals surface area contributed by atoms with Gasteiger partial charge in [0.25, 0.3) is 5.91 Å². The number of benzene rings is 3. The van der Waals surface area contributed by atoms with Crippen molar-refractivity contribution in [2.45, 2.75) is 13.1 Å². The number of fused-ring (bicyclic) bond motifs is 2. The molecule has 0 saturated carbocycles. The van der Waals surface area contributed by atoms with Crippen LogP contribution in [0.3, 0.4) is 0 Å². The molecular weight excluding hydrogens is 427 g/mol. The number of para-hydroxylation sites is 1. The van der Waals surface area contributed by atoms with Crippen molar-refractivity contribution >= 4 is 34.6 Å². The minimum atomic E-state index is -0.336. The predicted octanol–water partition coefficient (Wildman–Crippen LogP) is 6.90. The number of hydrogen-bond acceptors (Lipinski definition) is 3. The summed E-state index contributed by atoms with van der Waals surface area (Å²) < 4.78 is 15.2. The van der Waals surface area contributed by atoms with E-state index < -0.39 is 0 Å². The van der Waals surface area contributed by atoms with E-state index >= 15 is 0 Å². The molecule has 5 nitrogen and oxygen atoms in total. The summed E-state index contributed by atoms with van der Waals surface area (Å²) in [5, 5.41) is 8.52. The van der Waals surface area contributed by atoms with Gasteiger partial charge in [0.15, 0.2) is 0 Å². The van der Waals surface area contributed by atoms with Gasteiger partial charge in [-0.3, -0.25) is 4.79 Å². The molecule has 0 spiro atoms. The number of nitrogens with zero attached hydrogens (tertiary/aromatic N) is 4. The number of azo groups is 1. The highest BCUT2D eigenvalue weighted by Crippen LogP contribution is 2.32. The SMILES string of the molecule is O=C(c1ccc(N=Nc2ccc(F)cc2)cc1Cl)N1Cc2cccn2Cc2ccccc21. The summed E-state index contributed by atoms with van der Waals surface area (Å²) in [6, 6.07) is 22.6. The van der Waals surface area contributed by atoms with Crippen LogP contribution in [-0.2, 0) is 13.1 Å². The molecule has 158 valence electrons. The first-order valence-electron chi connectivity index (χ1n) is 10.1. The van der Waals surface area contributed by atoms with Gasteiger partial charge in [-0.1, -0.05) is 29.8 Å². The van der Waals surface area contributed by atoms with Crippen molar-refractivity contribution in [1.82, 2.24) is 4.57 Å². The average Bonchev–Trinajstić information content (AvgIpc) is 3.17. The second-order valence-corrected chi connectivity index (χ2v) is 7.90. The summed E-state index contributed by atoms with van der Waals surface area (Å²) in [6.07, 6.45) is 2.02. The standard InChI is InChI=1S/C25H18ClFN4O/c26-23-14-20(29-28-19-9-7-18(27)8-10-19)11-12-22(23)25(32)31-16-21-5-3-13-30(21)15-17-4-1-2-6-24(17)31/h1-14H,15-16H2. The number of carbonyl (C=O) groups excluding carboxylic acids is 1. The van der Waals surface area contributed by atoms with Crippen LogP contribution in [0.5, 0.6) is 0 Å². The maximum Gasteiger partial charge on any atom is 0.260 e. The molecule has 1 amide bonds. The summed E-state index contributed by atoms with van der Waals surface area (Å²) in [5.41, 5.74) is 4.40. The smallest absolute Gasteiger partial charge is 0.260 e. The van der Waals surface area contributed by atoms with Crippen molar-refractivity contribution in [3.8, 4) is 0 Å². The molecule has 1 aliphatic heterocycles. The van der Waals surface area contributed by atoms with Gasteiger partial charge in [0.05, 0.1) is 28.5 Å². The Morgan fingerprint density at radius 2 is 1.62 bits per heavy atom. The lowest BCUT2D eigenvalue weighted by Gasteiger charge is -2.23. The first-order chi connectivity index (χ1) is 15.6. The molecular formula is C25H18ClFN4O. The quantitative estimate of drug-likeness (QED) is 0.317. The molecule has 0 bridgehead atoms. The van der Waals surface area contributed by atoms with Crippen molar-refractivity contribution in [3.05, 3.63) is 113 Å². The van der Waals surface area contributed by atoms with Gasteiger partial charge in [0, 0.05) is 24.1 Å². The van der Waals surface area contributed by atoms with Gasteiger partial charge in [-0.05, 0) is 66.2 Å². The number of aromatic nitrogens is 1. The largest absolute Gasteiger partial charge is 0.345 e. The Hall–Kier alpha value is -3.77. The van der Waals surface area contributed by atoms with Crippen molar-refractivity contribution in [3.63, 3.8) is 0 Å². The molecule has 7 heteroatoms. The van der Waals surface area contributed by atoms with E-state index in [2.05, 4.69) is 14.8 Å². The van der Waals surface area contributed by atoms with Crippen molar-refractivity contribution in [1.29, 1.82) is 0 Å². The number of halogens is 2. The zero-order chi connectivity index (χ0) is 22.1. The lowest BCUT2D eigenvalue weighted by molar-refractivity contribution is 0.0985. The topological polar surface area (TPSA) is 50.0 Å². The van der Waals surface area contributed by atoms with Crippen LogP contribution in [0.2, 0.25) is 5.02 Å². The summed E-state index contributed by atoms with van der Waals surface area (Å²) in [4.78, 5) is 15.3. The van der Waals surface area contributed by atoms with Gasteiger partial charge in [-0.25, -0.2) is 4.39 Å². The van der Waals surface area contributed by atoms with Crippen LogP contribution in [0.25, 0.3) is 0 Å². The van der Waals surface area contributed by atoms with E-state index in [4.69, 9.17) is 11.6 Å². The van der Waals surface area contributed by atoms with Crippen molar-refractivity contribution in [2.75, 3.05) is 4.90 Å². The fourth-order valence-electron chi connectivity index (χ4n) is 3.78. The lowest BCUT2D eigenvalue weighted by Crippen LogP contribution is -2.30.